The first-order chi connectivity index (χ1) is 18.8. The Hall–Kier alpha value is -3.18. The van der Waals surface area contributed by atoms with E-state index in [9.17, 15) is 4.39 Å². The Bertz CT molecular complexity index is 1410. The molecular formula is C27H30ClF2N5O4. The van der Waals surface area contributed by atoms with Gasteiger partial charge in [0.05, 0.1) is 25.8 Å². The maximum absolute atomic E-state index is 15.4. The molecule has 3 aromatic rings. The minimum atomic E-state index is -0.894. The molecule has 2 aromatic heterocycles. The molecule has 0 amide bonds. The molecule has 1 aromatic carbocycles. The second-order valence-electron chi connectivity index (χ2n) is 10.4. The van der Waals surface area contributed by atoms with Gasteiger partial charge in [0.1, 0.15) is 47.6 Å². The van der Waals surface area contributed by atoms with E-state index in [0.29, 0.717) is 42.2 Å². The number of nitrogens with zero attached hydrogens (tertiary/aromatic N) is 5. The van der Waals surface area contributed by atoms with Gasteiger partial charge in [-0.15, -0.1) is 0 Å². The van der Waals surface area contributed by atoms with Crippen molar-refractivity contribution in [1.29, 1.82) is 0 Å². The molecule has 208 valence electrons. The topological polar surface area (TPSA) is 82.1 Å². The molecular weight excluding hydrogens is 532 g/mol. The number of hydrogen-bond acceptors (Lipinski definition) is 9. The fourth-order valence-corrected chi connectivity index (χ4v) is 6.16. The van der Waals surface area contributed by atoms with E-state index in [1.54, 1.807) is 20.3 Å². The van der Waals surface area contributed by atoms with Crippen molar-refractivity contribution in [3.05, 3.63) is 34.7 Å². The van der Waals surface area contributed by atoms with Crippen LogP contribution in [0.4, 0.5) is 14.6 Å². The number of halogens is 3. The van der Waals surface area contributed by atoms with Gasteiger partial charge in [-0.3, -0.25) is 4.90 Å². The average molecular weight is 562 g/mol. The summed E-state index contributed by atoms with van der Waals surface area (Å²) in [6.45, 7) is 4.05. The van der Waals surface area contributed by atoms with Crippen LogP contribution >= 0.6 is 11.6 Å². The number of alkyl halides is 1. The molecule has 5 heterocycles. The summed E-state index contributed by atoms with van der Waals surface area (Å²) in [6.07, 6.45) is 1.31. The van der Waals surface area contributed by atoms with E-state index < -0.39 is 17.5 Å². The van der Waals surface area contributed by atoms with Gasteiger partial charge in [0.25, 0.3) is 0 Å². The van der Waals surface area contributed by atoms with E-state index in [1.807, 2.05) is 24.0 Å². The number of aromatic nitrogens is 3. The number of anilines is 1. The highest BCUT2D eigenvalue weighted by molar-refractivity contribution is 6.30. The van der Waals surface area contributed by atoms with Gasteiger partial charge in [0.2, 0.25) is 5.88 Å². The summed E-state index contributed by atoms with van der Waals surface area (Å²) < 4.78 is 52.7. The van der Waals surface area contributed by atoms with Crippen LogP contribution < -0.4 is 23.8 Å². The molecule has 39 heavy (non-hydrogen) atoms. The molecule has 12 heteroatoms. The van der Waals surface area contributed by atoms with Crippen LogP contribution in [0.3, 0.4) is 0 Å². The smallest absolute Gasteiger partial charge is 0.319 e. The molecule has 9 nitrogen and oxygen atoms in total. The maximum atomic E-state index is 15.4. The molecule has 0 unspecified atom stereocenters. The lowest BCUT2D eigenvalue weighted by atomic mass is 9.95. The zero-order valence-corrected chi connectivity index (χ0v) is 22.8. The van der Waals surface area contributed by atoms with Gasteiger partial charge >= 0.3 is 6.01 Å². The first-order valence-electron chi connectivity index (χ1n) is 13.0. The molecule has 3 aliphatic rings. The van der Waals surface area contributed by atoms with Crippen LogP contribution in [0, 0.1) is 5.82 Å². The third-order valence-corrected chi connectivity index (χ3v) is 8.25. The fourth-order valence-electron chi connectivity index (χ4n) is 6.00. The lowest BCUT2D eigenvalue weighted by Gasteiger charge is -2.31. The predicted octanol–water partition coefficient (Wildman–Crippen LogP) is 4.58. The Kier molecular flexibility index (Phi) is 6.74. The lowest BCUT2D eigenvalue weighted by molar-refractivity contribution is 0.107. The highest BCUT2D eigenvalue weighted by Crippen LogP contribution is 2.42. The standard InChI is InChI=1S/C27H30ClF2N5O4/c1-15-13-38-25-20-22(21(30)23(28)32-25)31-26(39-14-27-7-4-8-34(27)12-17(29)10-27)33-24(20)35(15)11-16-5-6-18(36-2)9-19(16)37-3/h5-6,9,15,17H,4,7-8,10-14H2,1-3H3/t15-,17+,27-/m0/s1. The van der Waals surface area contributed by atoms with Gasteiger partial charge in [-0.05, 0) is 38.4 Å². The van der Waals surface area contributed by atoms with Crippen molar-refractivity contribution in [2.24, 2.45) is 0 Å². The molecule has 2 saturated heterocycles. The van der Waals surface area contributed by atoms with Crippen molar-refractivity contribution < 1.29 is 27.7 Å². The molecule has 3 atom stereocenters. The molecule has 0 saturated carbocycles. The Balaban J connectivity index is 1.42. The first kappa shape index (κ1) is 26.1. The predicted molar refractivity (Wildman–Crippen MR) is 142 cm³/mol. The van der Waals surface area contributed by atoms with Gasteiger partial charge < -0.3 is 23.8 Å². The molecule has 0 spiro atoms. The van der Waals surface area contributed by atoms with E-state index in [2.05, 4.69) is 14.9 Å². The first-order valence-corrected chi connectivity index (χ1v) is 13.4. The molecule has 0 radical (unpaired) electrons. The van der Waals surface area contributed by atoms with E-state index in [-0.39, 0.29) is 41.8 Å². The zero-order chi connectivity index (χ0) is 27.3. The Morgan fingerprint density at radius 2 is 2.05 bits per heavy atom. The highest BCUT2D eigenvalue weighted by atomic mass is 35.5. The summed E-state index contributed by atoms with van der Waals surface area (Å²) in [6, 6.07) is 5.37. The summed E-state index contributed by atoms with van der Waals surface area (Å²) in [5.74, 6) is 1.08. The summed E-state index contributed by atoms with van der Waals surface area (Å²) in [4.78, 5) is 17.4. The molecule has 0 aliphatic carbocycles. The molecule has 0 bridgehead atoms. The van der Waals surface area contributed by atoms with Gasteiger partial charge in [-0.1, -0.05) is 11.6 Å². The van der Waals surface area contributed by atoms with Crippen molar-refractivity contribution >= 4 is 28.3 Å². The average Bonchev–Trinajstić information content (AvgIpc) is 3.42. The van der Waals surface area contributed by atoms with Crippen LogP contribution in [0.2, 0.25) is 5.15 Å². The summed E-state index contributed by atoms with van der Waals surface area (Å²) in [5, 5.41) is -0.0333. The van der Waals surface area contributed by atoms with Crippen molar-refractivity contribution in [2.45, 2.75) is 50.5 Å². The summed E-state index contributed by atoms with van der Waals surface area (Å²) >= 11 is 6.14. The minimum Gasteiger partial charge on any atom is -0.497 e. The molecule has 2 fully saturated rings. The quantitative estimate of drug-likeness (QED) is 0.385. The van der Waals surface area contributed by atoms with Crippen LogP contribution in [0.25, 0.3) is 10.9 Å². The van der Waals surface area contributed by atoms with E-state index in [0.717, 1.165) is 24.9 Å². The highest BCUT2D eigenvalue weighted by Gasteiger charge is 2.49. The van der Waals surface area contributed by atoms with Crippen LogP contribution in [0.1, 0.15) is 31.7 Å². The SMILES string of the molecule is COc1ccc(CN2c3nc(OC[C@@]45CCCN4C[C@H](F)C5)nc4c(F)c(Cl)nc(c34)OC[C@@H]2C)c(OC)c1. The Morgan fingerprint density at radius 3 is 2.85 bits per heavy atom. The van der Waals surface area contributed by atoms with Crippen molar-refractivity contribution in [3.8, 4) is 23.4 Å². The van der Waals surface area contributed by atoms with E-state index in [1.165, 1.54) is 0 Å². The van der Waals surface area contributed by atoms with Crippen LogP contribution in [0.15, 0.2) is 18.2 Å². The summed E-state index contributed by atoms with van der Waals surface area (Å²) in [7, 11) is 3.19. The van der Waals surface area contributed by atoms with E-state index >= 15 is 4.39 Å². The number of ether oxygens (including phenoxy) is 4. The third-order valence-electron chi connectivity index (χ3n) is 8.00. The largest absolute Gasteiger partial charge is 0.497 e. The number of benzene rings is 1. The number of rotatable bonds is 7. The lowest BCUT2D eigenvalue weighted by Crippen LogP contribution is -2.43. The van der Waals surface area contributed by atoms with Gasteiger partial charge in [0.15, 0.2) is 11.0 Å². The van der Waals surface area contributed by atoms with Gasteiger partial charge in [-0.2, -0.15) is 15.0 Å². The van der Waals surface area contributed by atoms with Crippen LogP contribution in [0.5, 0.6) is 23.4 Å². The van der Waals surface area contributed by atoms with Crippen molar-refractivity contribution in [1.82, 2.24) is 19.9 Å². The normalized spacial score (nSPS) is 24.4. The maximum Gasteiger partial charge on any atom is 0.319 e. The molecule has 0 N–H and O–H groups in total. The third kappa shape index (κ3) is 4.55. The second-order valence-corrected chi connectivity index (χ2v) is 10.8. The number of methoxy groups -OCH3 is 2. The van der Waals surface area contributed by atoms with Gasteiger partial charge in [-0.25, -0.2) is 8.78 Å². The van der Waals surface area contributed by atoms with Crippen molar-refractivity contribution in [2.75, 3.05) is 45.4 Å². The van der Waals surface area contributed by atoms with Crippen LogP contribution in [-0.2, 0) is 6.54 Å². The Labute approximate surface area is 230 Å². The summed E-state index contributed by atoms with van der Waals surface area (Å²) in [5.41, 5.74) is 0.421. The van der Waals surface area contributed by atoms with Crippen LogP contribution in [-0.4, -0.2) is 78.1 Å². The minimum absolute atomic E-state index is 0.00561. The van der Waals surface area contributed by atoms with Crippen molar-refractivity contribution in [3.63, 3.8) is 0 Å². The zero-order valence-electron chi connectivity index (χ0n) is 22.0. The molecule has 6 rings (SSSR count). The van der Waals surface area contributed by atoms with Gasteiger partial charge in [0, 0.05) is 31.1 Å². The number of pyridine rings is 1. The Morgan fingerprint density at radius 1 is 1.21 bits per heavy atom. The molecule has 3 aliphatic heterocycles. The van der Waals surface area contributed by atoms with E-state index in [4.69, 9.17) is 35.5 Å². The fraction of sp³-hybridized carbons (Fsp3) is 0.519. The second kappa shape index (κ2) is 10.1. The number of fused-ring (bicyclic) bond motifs is 1. The monoisotopic (exact) mass is 561 g/mol. The number of hydrogen-bond donors (Lipinski definition) is 0.